The van der Waals surface area contributed by atoms with Crippen molar-refractivity contribution >= 4 is 50.5 Å². The average Bonchev–Trinajstić information content (AvgIpc) is 3.33. The van der Waals surface area contributed by atoms with E-state index in [2.05, 4.69) is 25.4 Å². The van der Waals surface area contributed by atoms with E-state index in [1.54, 1.807) is 12.3 Å². The fraction of sp³-hybridized carbons (Fsp3) is 0.0556. The molecule has 0 N–H and O–H groups in total. The van der Waals surface area contributed by atoms with Crippen molar-refractivity contribution < 1.29 is 13.9 Å². The number of rotatable bonds is 4. The molecule has 0 aliphatic rings. The standard InChI is InChI=1S/C18H10BrClFN3O2S/c19-11-3-1-10(2-4-11)17(14-5-7-23-27-14)26-18(25)12-9-22-24-8-6-13(20)15(21)16(12)24/h1-9,17H. The number of hydrogen-bond donors (Lipinski definition) is 0. The van der Waals surface area contributed by atoms with Gasteiger partial charge in [0, 0.05) is 16.9 Å². The zero-order valence-corrected chi connectivity index (χ0v) is 16.6. The van der Waals surface area contributed by atoms with Gasteiger partial charge < -0.3 is 4.74 Å². The van der Waals surface area contributed by atoms with Crippen LogP contribution in [0.3, 0.4) is 0 Å². The molecule has 3 aromatic heterocycles. The van der Waals surface area contributed by atoms with E-state index in [0.717, 1.165) is 14.9 Å². The van der Waals surface area contributed by atoms with Gasteiger partial charge in [-0.2, -0.15) is 5.10 Å². The van der Waals surface area contributed by atoms with Gasteiger partial charge in [0.25, 0.3) is 0 Å². The molecule has 0 aliphatic carbocycles. The lowest BCUT2D eigenvalue weighted by molar-refractivity contribution is 0.0386. The number of hydrogen-bond acceptors (Lipinski definition) is 5. The molecule has 5 nitrogen and oxygen atoms in total. The van der Waals surface area contributed by atoms with E-state index in [-0.39, 0.29) is 16.1 Å². The third-order valence-electron chi connectivity index (χ3n) is 3.91. The molecule has 0 saturated heterocycles. The van der Waals surface area contributed by atoms with Gasteiger partial charge in [-0.05, 0) is 41.4 Å². The molecular weight excluding hydrogens is 457 g/mol. The van der Waals surface area contributed by atoms with Crippen LogP contribution >= 0.6 is 39.1 Å². The minimum Gasteiger partial charge on any atom is -0.448 e. The molecule has 0 saturated carbocycles. The summed E-state index contributed by atoms with van der Waals surface area (Å²) in [6.45, 7) is 0. The Bertz CT molecular complexity index is 1120. The van der Waals surface area contributed by atoms with Crippen LogP contribution in [-0.4, -0.2) is 20.0 Å². The van der Waals surface area contributed by atoms with Crippen molar-refractivity contribution in [3.05, 3.63) is 86.3 Å². The Morgan fingerprint density at radius 3 is 2.74 bits per heavy atom. The van der Waals surface area contributed by atoms with Crippen molar-refractivity contribution in [1.29, 1.82) is 0 Å². The normalized spacial score (nSPS) is 12.3. The van der Waals surface area contributed by atoms with Crippen molar-refractivity contribution in [3.8, 4) is 0 Å². The van der Waals surface area contributed by atoms with Crippen molar-refractivity contribution in [2.24, 2.45) is 0 Å². The molecule has 9 heteroatoms. The van der Waals surface area contributed by atoms with Gasteiger partial charge in [-0.3, -0.25) is 0 Å². The predicted molar refractivity (Wildman–Crippen MR) is 104 cm³/mol. The van der Waals surface area contributed by atoms with Crippen LogP contribution in [0.5, 0.6) is 0 Å². The van der Waals surface area contributed by atoms with Gasteiger partial charge in [-0.1, -0.05) is 39.7 Å². The monoisotopic (exact) mass is 465 g/mol. The molecule has 3 heterocycles. The maximum absolute atomic E-state index is 14.4. The number of esters is 1. The van der Waals surface area contributed by atoms with E-state index >= 15 is 0 Å². The SMILES string of the molecule is O=C(OC(c1ccc(Br)cc1)c1ccns1)c1cnn2ccc(Cl)c(F)c12. The van der Waals surface area contributed by atoms with Gasteiger partial charge >= 0.3 is 5.97 Å². The average molecular weight is 467 g/mol. The number of carbonyl (C=O) groups is 1. The van der Waals surface area contributed by atoms with Crippen molar-refractivity contribution in [3.63, 3.8) is 0 Å². The number of pyridine rings is 1. The minimum absolute atomic E-state index is 0.00151. The van der Waals surface area contributed by atoms with E-state index in [4.69, 9.17) is 16.3 Å². The number of aromatic nitrogens is 3. The highest BCUT2D eigenvalue weighted by Gasteiger charge is 2.25. The highest BCUT2D eigenvalue weighted by atomic mass is 79.9. The summed E-state index contributed by atoms with van der Waals surface area (Å²) in [7, 11) is 0. The van der Waals surface area contributed by atoms with Crippen LogP contribution in [0.1, 0.15) is 26.9 Å². The maximum atomic E-state index is 14.4. The summed E-state index contributed by atoms with van der Waals surface area (Å²) in [6, 6.07) is 10.5. The zero-order valence-electron chi connectivity index (χ0n) is 13.5. The quantitative estimate of drug-likeness (QED) is 0.383. The fourth-order valence-corrected chi connectivity index (χ4v) is 3.68. The zero-order chi connectivity index (χ0) is 19.0. The molecule has 0 bridgehead atoms. The van der Waals surface area contributed by atoms with Gasteiger partial charge in [0.15, 0.2) is 11.9 Å². The van der Waals surface area contributed by atoms with Gasteiger partial charge in [-0.25, -0.2) is 18.1 Å². The fourth-order valence-electron chi connectivity index (χ4n) is 2.63. The summed E-state index contributed by atoms with van der Waals surface area (Å²) in [6.07, 6.45) is 3.71. The van der Waals surface area contributed by atoms with Crippen LogP contribution in [0.25, 0.3) is 5.52 Å². The Morgan fingerprint density at radius 1 is 1.26 bits per heavy atom. The smallest absolute Gasteiger partial charge is 0.343 e. The van der Waals surface area contributed by atoms with Gasteiger partial charge in [0.05, 0.1) is 16.1 Å². The predicted octanol–water partition coefficient (Wildman–Crippen LogP) is 5.29. The molecule has 136 valence electrons. The molecular formula is C18H10BrClFN3O2S. The summed E-state index contributed by atoms with van der Waals surface area (Å²) >= 11 is 10.4. The minimum atomic E-state index is -0.721. The number of fused-ring (bicyclic) bond motifs is 1. The van der Waals surface area contributed by atoms with Crippen molar-refractivity contribution in [2.45, 2.75) is 6.10 Å². The molecule has 4 aromatic rings. The second kappa shape index (κ2) is 7.38. The molecule has 0 spiro atoms. The van der Waals surface area contributed by atoms with Crippen LogP contribution in [0.2, 0.25) is 5.02 Å². The lowest BCUT2D eigenvalue weighted by atomic mass is 10.1. The number of carbonyl (C=O) groups excluding carboxylic acids is 1. The highest BCUT2D eigenvalue weighted by Crippen LogP contribution is 2.31. The van der Waals surface area contributed by atoms with Gasteiger partial charge in [0.1, 0.15) is 11.1 Å². The Labute approximate surface area is 170 Å². The number of benzene rings is 1. The second-order valence-corrected chi connectivity index (χ2v) is 7.77. The van der Waals surface area contributed by atoms with Gasteiger partial charge in [0.2, 0.25) is 0 Å². The number of halogens is 3. The molecule has 0 fully saturated rings. The molecule has 1 aromatic carbocycles. The Morgan fingerprint density at radius 2 is 2.04 bits per heavy atom. The Balaban J connectivity index is 1.73. The maximum Gasteiger partial charge on any atom is 0.343 e. The number of nitrogens with zero attached hydrogens (tertiary/aromatic N) is 3. The summed E-state index contributed by atoms with van der Waals surface area (Å²) in [5, 5.41) is 3.90. The van der Waals surface area contributed by atoms with Crippen molar-refractivity contribution in [1.82, 2.24) is 14.0 Å². The molecule has 1 unspecified atom stereocenters. The molecule has 1 atom stereocenters. The van der Waals surface area contributed by atoms with Crippen LogP contribution in [0, 0.1) is 5.82 Å². The van der Waals surface area contributed by atoms with Crippen LogP contribution < -0.4 is 0 Å². The summed E-state index contributed by atoms with van der Waals surface area (Å²) in [5.74, 6) is -1.42. The number of ether oxygens (including phenoxy) is 1. The first-order chi connectivity index (χ1) is 13.0. The van der Waals surface area contributed by atoms with Crippen LogP contribution in [0.15, 0.2) is 59.5 Å². The molecule has 0 aliphatic heterocycles. The third kappa shape index (κ3) is 3.47. The highest BCUT2D eigenvalue weighted by molar-refractivity contribution is 9.10. The van der Waals surface area contributed by atoms with E-state index in [1.165, 1.54) is 34.5 Å². The summed E-state index contributed by atoms with van der Waals surface area (Å²) < 4.78 is 26.4. The third-order valence-corrected chi connectivity index (χ3v) is 5.52. The molecule has 4 rings (SSSR count). The first-order valence-electron chi connectivity index (χ1n) is 7.73. The van der Waals surface area contributed by atoms with E-state index in [0.29, 0.717) is 0 Å². The molecule has 0 radical (unpaired) electrons. The lowest BCUT2D eigenvalue weighted by Gasteiger charge is -2.16. The Hall–Kier alpha value is -2.29. The summed E-state index contributed by atoms with van der Waals surface area (Å²) in [5.41, 5.74) is 0.749. The Kier molecular flexibility index (Phi) is 4.94. The topological polar surface area (TPSA) is 56.5 Å². The van der Waals surface area contributed by atoms with Crippen LogP contribution in [-0.2, 0) is 4.74 Å². The van der Waals surface area contributed by atoms with E-state index in [1.807, 2.05) is 24.3 Å². The second-order valence-electron chi connectivity index (χ2n) is 5.58. The van der Waals surface area contributed by atoms with Crippen molar-refractivity contribution in [2.75, 3.05) is 0 Å². The first-order valence-corrected chi connectivity index (χ1v) is 9.67. The summed E-state index contributed by atoms with van der Waals surface area (Å²) in [4.78, 5) is 13.6. The first kappa shape index (κ1) is 18.1. The van der Waals surface area contributed by atoms with Gasteiger partial charge in [-0.15, -0.1) is 0 Å². The van der Waals surface area contributed by atoms with E-state index in [9.17, 15) is 9.18 Å². The molecule has 27 heavy (non-hydrogen) atoms. The lowest BCUT2D eigenvalue weighted by Crippen LogP contribution is -2.12. The molecule has 0 amide bonds. The van der Waals surface area contributed by atoms with Crippen LogP contribution in [0.4, 0.5) is 4.39 Å². The van der Waals surface area contributed by atoms with E-state index < -0.39 is 17.9 Å². The largest absolute Gasteiger partial charge is 0.448 e.